The van der Waals surface area contributed by atoms with Gasteiger partial charge in [0.15, 0.2) is 16.7 Å². The van der Waals surface area contributed by atoms with Crippen molar-refractivity contribution < 1.29 is 22.1 Å². The van der Waals surface area contributed by atoms with Gasteiger partial charge in [0.2, 0.25) is 0 Å². The molecule has 3 aromatic carbocycles. The molecule has 1 saturated heterocycles. The minimum absolute atomic E-state index is 0.0126. The first-order chi connectivity index (χ1) is 16.2. The third-order valence-electron chi connectivity index (χ3n) is 4.69. The summed E-state index contributed by atoms with van der Waals surface area (Å²) in [6, 6.07) is 18.7. The van der Waals surface area contributed by atoms with E-state index >= 15 is 0 Å². The van der Waals surface area contributed by atoms with E-state index in [0.29, 0.717) is 20.1 Å². The van der Waals surface area contributed by atoms with Crippen molar-refractivity contribution in [2.24, 2.45) is 4.99 Å². The second-order valence-electron chi connectivity index (χ2n) is 7.20. The van der Waals surface area contributed by atoms with Crippen molar-refractivity contribution in [1.29, 1.82) is 0 Å². The van der Waals surface area contributed by atoms with Crippen LogP contribution in [-0.2, 0) is 14.9 Å². The maximum absolute atomic E-state index is 12.7. The molecule has 34 heavy (non-hydrogen) atoms. The van der Waals surface area contributed by atoms with E-state index in [2.05, 4.69) is 26.2 Å². The second kappa shape index (κ2) is 10.0. The number of hydrogen-bond donors (Lipinski definition) is 1. The van der Waals surface area contributed by atoms with Crippen LogP contribution in [0.3, 0.4) is 0 Å². The summed E-state index contributed by atoms with van der Waals surface area (Å²) in [5.41, 5.74) is 2.47. The number of thioether (sulfide) groups is 1. The van der Waals surface area contributed by atoms with E-state index in [4.69, 9.17) is 8.92 Å². The molecule has 0 atom stereocenters. The van der Waals surface area contributed by atoms with Crippen molar-refractivity contribution in [1.82, 2.24) is 5.32 Å². The van der Waals surface area contributed by atoms with Crippen LogP contribution in [0.1, 0.15) is 11.1 Å². The van der Waals surface area contributed by atoms with Crippen molar-refractivity contribution in [2.45, 2.75) is 11.8 Å². The Labute approximate surface area is 210 Å². The van der Waals surface area contributed by atoms with Crippen LogP contribution in [0.15, 0.2) is 86.0 Å². The largest absolute Gasteiger partial charge is 0.493 e. The number of amidine groups is 1. The monoisotopic (exact) mass is 558 g/mol. The van der Waals surface area contributed by atoms with Crippen LogP contribution < -0.4 is 14.2 Å². The Balaban J connectivity index is 1.60. The van der Waals surface area contributed by atoms with Gasteiger partial charge in [-0.25, -0.2) is 4.99 Å². The van der Waals surface area contributed by atoms with Gasteiger partial charge in [-0.15, -0.1) is 0 Å². The van der Waals surface area contributed by atoms with Gasteiger partial charge in [0.25, 0.3) is 5.91 Å². The fraction of sp³-hybridized carbons (Fsp3) is 0.0833. The average molecular weight is 559 g/mol. The van der Waals surface area contributed by atoms with Crippen molar-refractivity contribution in [2.75, 3.05) is 7.11 Å². The summed E-state index contributed by atoms with van der Waals surface area (Å²) in [5.74, 6) is -0.0748. The number of aryl methyl sites for hydroxylation is 1. The van der Waals surface area contributed by atoms with Gasteiger partial charge in [0.1, 0.15) is 4.90 Å². The van der Waals surface area contributed by atoms with Crippen molar-refractivity contribution >= 4 is 60.6 Å². The van der Waals surface area contributed by atoms with Gasteiger partial charge in [-0.05, 0) is 82.7 Å². The SMILES string of the molecule is COc1cc(/C=C2\SC(=Nc3ccc(C)cc3)NC2=O)cc(Br)c1OS(=O)(=O)c1ccccc1. The van der Waals surface area contributed by atoms with Crippen molar-refractivity contribution in [3.05, 3.63) is 87.2 Å². The third kappa shape index (κ3) is 5.52. The molecule has 4 rings (SSSR count). The molecule has 1 fully saturated rings. The van der Waals surface area contributed by atoms with Gasteiger partial charge in [-0.3, -0.25) is 4.79 Å². The predicted molar refractivity (Wildman–Crippen MR) is 137 cm³/mol. The first-order valence-electron chi connectivity index (χ1n) is 9.98. The van der Waals surface area contributed by atoms with Gasteiger partial charge < -0.3 is 14.2 Å². The summed E-state index contributed by atoms with van der Waals surface area (Å²) < 4.78 is 36.4. The van der Waals surface area contributed by atoms with Crippen LogP contribution in [0, 0.1) is 6.92 Å². The molecule has 0 aromatic heterocycles. The number of amides is 1. The molecule has 0 radical (unpaired) electrons. The van der Waals surface area contributed by atoms with Gasteiger partial charge in [-0.1, -0.05) is 35.9 Å². The summed E-state index contributed by atoms with van der Waals surface area (Å²) in [6.07, 6.45) is 1.67. The first kappa shape index (κ1) is 24.1. The lowest BCUT2D eigenvalue weighted by molar-refractivity contribution is -0.115. The topological polar surface area (TPSA) is 94.1 Å². The van der Waals surface area contributed by atoms with Gasteiger partial charge in [0.05, 0.1) is 22.2 Å². The number of hydrogen-bond acceptors (Lipinski definition) is 7. The predicted octanol–water partition coefficient (Wildman–Crippen LogP) is 5.43. The molecule has 0 saturated carbocycles. The molecule has 3 aromatic rings. The third-order valence-corrected chi connectivity index (χ3v) is 7.42. The van der Waals surface area contributed by atoms with E-state index < -0.39 is 10.1 Å². The van der Waals surface area contributed by atoms with E-state index in [1.54, 1.807) is 36.4 Å². The highest BCUT2D eigenvalue weighted by atomic mass is 79.9. The number of benzene rings is 3. The molecule has 1 aliphatic heterocycles. The molecule has 0 spiro atoms. The minimum atomic E-state index is -4.06. The molecule has 1 N–H and O–H groups in total. The van der Waals surface area contributed by atoms with Crippen molar-refractivity contribution in [3.8, 4) is 11.5 Å². The smallest absolute Gasteiger partial charge is 0.339 e. The Kier molecular flexibility index (Phi) is 7.11. The fourth-order valence-corrected chi connectivity index (χ4v) is 5.49. The average Bonchev–Trinajstić information content (AvgIpc) is 3.15. The Bertz CT molecular complexity index is 1400. The number of nitrogens with zero attached hydrogens (tertiary/aromatic N) is 1. The summed E-state index contributed by atoms with van der Waals surface area (Å²) in [4.78, 5) is 17.4. The number of aliphatic imine (C=N–C) groups is 1. The highest BCUT2D eigenvalue weighted by molar-refractivity contribution is 9.10. The number of rotatable bonds is 6. The lowest BCUT2D eigenvalue weighted by atomic mass is 10.2. The van der Waals surface area contributed by atoms with Gasteiger partial charge in [-0.2, -0.15) is 8.42 Å². The maximum atomic E-state index is 12.7. The van der Waals surface area contributed by atoms with Crippen LogP contribution in [0.5, 0.6) is 11.5 Å². The van der Waals surface area contributed by atoms with E-state index in [1.807, 2.05) is 31.2 Å². The Morgan fingerprint density at radius 3 is 2.44 bits per heavy atom. The van der Waals surface area contributed by atoms with Crippen LogP contribution >= 0.6 is 27.7 Å². The molecular weight excluding hydrogens is 540 g/mol. The molecule has 174 valence electrons. The van der Waals surface area contributed by atoms with E-state index in [0.717, 1.165) is 11.3 Å². The zero-order valence-electron chi connectivity index (χ0n) is 18.1. The number of ether oxygens (including phenoxy) is 1. The number of nitrogens with one attached hydrogen (secondary N) is 1. The lowest BCUT2D eigenvalue weighted by Gasteiger charge is -2.13. The Morgan fingerprint density at radius 2 is 1.76 bits per heavy atom. The minimum Gasteiger partial charge on any atom is -0.493 e. The van der Waals surface area contributed by atoms with Crippen LogP contribution in [0.4, 0.5) is 5.69 Å². The Morgan fingerprint density at radius 1 is 1.06 bits per heavy atom. The molecule has 0 unspecified atom stereocenters. The van der Waals surface area contributed by atoms with Crippen molar-refractivity contribution in [3.63, 3.8) is 0 Å². The first-order valence-corrected chi connectivity index (χ1v) is 13.0. The van der Waals surface area contributed by atoms with E-state index in [-0.39, 0.29) is 22.3 Å². The molecule has 0 aliphatic carbocycles. The van der Waals surface area contributed by atoms with Gasteiger partial charge in [0, 0.05) is 0 Å². The molecule has 1 aliphatic rings. The van der Waals surface area contributed by atoms with E-state index in [9.17, 15) is 13.2 Å². The molecule has 1 amide bonds. The number of carbonyl (C=O) groups is 1. The number of carbonyl (C=O) groups excluding carboxylic acids is 1. The summed E-state index contributed by atoms with van der Waals surface area (Å²) in [6.45, 7) is 1.99. The highest BCUT2D eigenvalue weighted by Gasteiger charge is 2.25. The molecular formula is C24H19BrN2O5S2. The van der Waals surface area contributed by atoms with Crippen LogP contribution in [0.25, 0.3) is 6.08 Å². The summed E-state index contributed by atoms with van der Waals surface area (Å²) in [5, 5.41) is 3.22. The summed E-state index contributed by atoms with van der Waals surface area (Å²) >= 11 is 4.57. The zero-order valence-corrected chi connectivity index (χ0v) is 21.3. The maximum Gasteiger partial charge on any atom is 0.339 e. The molecule has 1 heterocycles. The van der Waals surface area contributed by atoms with Gasteiger partial charge >= 0.3 is 10.1 Å². The van der Waals surface area contributed by atoms with E-state index in [1.165, 1.54) is 31.0 Å². The van der Waals surface area contributed by atoms with Crippen LogP contribution in [-0.4, -0.2) is 26.6 Å². The second-order valence-corrected chi connectivity index (χ2v) is 10.6. The lowest BCUT2D eigenvalue weighted by Crippen LogP contribution is -2.19. The molecule has 10 heteroatoms. The zero-order chi connectivity index (χ0) is 24.3. The normalized spacial score (nSPS) is 16.0. The summed E-state index contributed by atoms with van der Waals surface area (Å²) in [7, 11) is -2.65. The standard InChI is InChI=1S/C24H19BrN2O5S2/c1-15-8-10-17(11-9-15)26-24-27-23(28)21(33-24)14-16-12-19(25)22(20(13-16)31-2)32-34(29,30)18-6-4-3-5-7-18/h3-14H,1-2H3,(H,26,27,28)/b21-14-. The number of halogens is 1. The Hall–Kier alpha value is -3.08. The number of methoxy groups -OCH3 is 1. The highest BCUT2D eigenvalue weighted by Crippen LogP contribution is 2.40. The molecule has 7 nitrogen and oxygen atoms in total. The fourth-order valence-electron chi connectivity index (χ4n) is 3.02. The quantitative estimate of drug-likeness (QED) is 0.320. The van der Waals surface area contributed by atoms with Crippen LogP contribution in [0.2, 0.25) is 0 Å². The molecule has 0 bridgehead atoms.